The van der Waals surface area contributed by atoms with Crippen LogP contribution in [0.5, 0.6) is 0 Å². The van der Waals surface area contributed by atoms with Gasteiger partial charge < -0.3 is 14.5 Å². The van der Waals surface area contributed by atoms with Crippen molar-refractivity contribution in [2.24, 2.45) is 5.92 Å². The summed E-state index contributed by atoms with van der Waals surface area (Å²) >= 11 is 1.37. The molecule has 104 valence electrons. The van der Waals surface area contributed by atoms with Crippen LogP contribution < -0.4 is 5.32 Å². The van der Waals surface area contributed by atoms with Crippen molar-refractivity contribution in [3.8, 4) is 0 Å². The highest BCUT2D eigenvalue weighted by molar-refractivity contribution is 7.09. The summed E-state index contributed by atoms with van der Waals surface area (Å²) in [5.41, 5.74) is 0. The number of aromatic nitrogens is 2. The van der Waals surface area contributed by atoms with Crippen molar-refractivity contribution in [3.63, 3.8) is 0 Å². The van der Waals surface area contributed by atoms with Gasteiger partial charge in [-0.05, 0) is 18.1 Å². The van der Waals surface area contributed by atoms with E-state index < -0.39 is 0 Å². The molecular weight excluding hydrogens is 262 g/mol. The normalized spacial score (nSPS) is 12.8. The molecule has 1 atom stereocenters. The summed E-state index contributed by atoms with van der Waals surface area (Å²) in [6.45, 7) is 4.84. The number of nitrogens with one attached hydrogen (secondary N) is 1. The summed E-state index contributed by atoms with van der Waals surface area (Å²) in [6.07, 6.45) is 2.55. The van der Waals surface area contributed by atoms with Gasteiger partial charge >= 0.3 is 0 Å². The van der Waals surface area contributed by atoms with Crippen LogP contribution in [0.25, 0.3) is 0 Å². The molecule has 2 rings (SSSR count). The standard InChI is InChI=1S/C13H19N3O2S/c1-9(2)7-12-15-13(19-16-12)14-10(8-17-3)11-5-4-6-18-11/h4-6,9-10H,7-8H2,1-3H3,(H,14,15,16). The monoisotopic (exact) mass is 281 g/mol. The molecule has 0 aromatic carbocycles. The number of hydrogen-bond donors (Lipinski definition) is 1. The molecule has 0 saturated heterocycles. The van der Waals surface area contributed by atoms with E-state index in [0.717, 1.165) is 23.1 Å². The first-order chi connectivity index (χ1) is 9.19. The van der Waals surface area contributed by atoms with Crippen LogP contribution in [0.4, 0.5) is 5.13 Å². The summed E-state index contributed by atoms with van der Waals surface area (Å²) in [4.78, 5) is 4.48. The lowest BCUT2D eigenvalue weighted by Gasteiger charge is -2.14. The Morgan fingerprint density at radius 3 is 2.95 bits per heavy atom. The summed E-state index contributed by atoms with van der Waals surface area (Å²) in [6, 6.07) is 3.75. The maximum absolute atomic E-state index is 5.41. The van der Waals surface area contributed by atoms with E-state index in [4.69, 9.17) is 9.15 Å². The van der Waals surface area contributed by atoms with Crippen LogP contribution in [-0.4, -0.2) is 23.1 Å². The van der Waals surface area contributed by atoms with Crippen molar-refractivity contribution >= 4 is 16.7 Å². The molecule has 0 aliphatic rings. The van der Waals surface area contributed by atoms with Crippen LogP contribution in [0, 0.1) is 5.92 Å². The van der Waals surface area contributed by atoms with Crippen LogP contribution in [0.2, 0.25) is 0 Å². The van der Waals surface area contributed by atoms with Gasteiger partial charge in [-0.2, -0.15) is 4.37 Å². The van der Waals surface area contributed by atoms with Gasteiger partial charge in [0.1, 0.15) is 17.6 Å². The molecule has 2 aromatic rings. The smallest absolute Gasteiger partial charge is 0.203 e. The molecule has 0 bridgehead atoms. The topological polar surface area (TPSA) is 60.2 Å². The highest BCUT2D eigenvalue weighted by atomic mass is 32.1. The first-order valence-corrected chi connectivity index (χ1v) is 7.08. The predicted octanol–water partition coefficient (Wildman–Crippen LogP) is 3.13. The Bertz CT molecular complexity index is 482. The van der Waals surface area contributed by atoms with Gasteiger partial charge in [-0.3, -0.25) is 0 Å². The molecule has 0 amide bonds. The molecule has 5 nitrogen and oxygen atoms in total. The highest BCUT2D eigenvalue weighted by Gasteiger charge is 2.16. The number of nitrogens with zero attached hydrogens (tertiary/aromatic N) is 2. The fourth-order valence-corrected chi connectivity index (χ4v) is 2.41. The third-order valence-electron chi connectivity index (χ3n) is 2.58. The maximum atomic E-state index is 5.41. The summed E-state index contributed by atoms with van der Waals surface area (Å²) in [5, 5.41) is 4.10. The summed E-state index contributed by atoms with van der Waals surface area (Å²) < 4.78 is 15.0. The first-order valence-electron chi connectivity index (χ1n) is 6.30. The van der Waals surface area contributed by atoms with E-state index in [9.17, 15) is 0 Å². The predicted molar refractivity (Wildman–Crippen MR) is 75.4 cm³/mol. The lowest BCUT2D eigenvalue weighted by molar-refractivity contribution is 0.179. The number of ether oxygens (including phenoxy) is 1. The second kappa shape index (κ2) is 6.68. The summed E-state index contributed by atoms with van der Waals surface area (Å²) in [5.74, 6) is 2.28. The molecule has 6 heteroatoms. The molecule has 0 spiro atoms. The molecule has 0 aliphatic carbocycles. The van der Waals surface area contributed by atoms with Gasteiger partial charge in [-0.15, -0.1) is 0 Å². The van der Waals surface area contributed by atoms with Gasteiger partial charge in [0.2, 0.25) is 5.13 Å². The Balaban J connectivity index is 2.03. The van der Waals surface area contributed by atoms with E-state index in [-0.39, 0.29) is 6.04 Å². The fourth-order valence-electron chi connectivity index (χ4n) is 1.76. The van der Waals surface area contributed by atoms with Gasteiger partial charge in [0, 0.05) is 25.1 Å². The molecule has 19 heavy (non-hydrogen) atoms. The Morgan fingerprint density at radius 2 is 2.32 bits per heavy atom. The van der Waals surface area contributed by atoms with E-state index in [1.165, 1.54) is 11.5 Å². The van der Waals surface area contributed by atoms with E-state index in [0.29, 0.717) is 12.5 Å². The van der Waals surface area contributed by atoms with E-state index >= 15 is 0 Å². The Morgan fingerprint density at radius 1 is 1.47 bits per heavy atom. The minimum Gasteiger partial charge on any atom is -0.467 e. The second-order valence-corrected chi connectivity index (χ2v) is 5.53. The first kappa shape index (κ1) is 14.0. The second-order valence-electron chi connectivity index (χ2n) is 4.78. The molecule has 1 N–H and O–H groups in total. The fraction of sp³-hybridized carbons (Fsp3) is 0.538. The molecule has 1 unspecified atom stereocenters. The van der Waals surface area contributed by atoms with Crippen molar-refractivity contribution in [1.29, 1.82) is 0 Å². The number of methoxy groups -OCH3 is 1. The van der Waals surface area contributed by atoms with Crippen molar-refractivity contribution < 1.29 is 9.15 Å². The number of anilines is 1. The van der Waals surface area contributed by atoms with Crippen molar-refractivity contribution in [1.82, 2.24) is 9.36 Å². The average molecular weight is 281 g/mol. The van der Waals surface area contributed by atoms with Crippen molar-refractivity contribution in [3.05, 3.63) is 30.0 Å². The molecule has 0 aliphatic heterocycles. The van der Waals surface area contributed by atoms with Crippen LogP contribution in [0.3, 0.4) is 0 Å². The van der Waals surface area contributed by atoms with Crippen LogP contribution in [-0.2, 0) is 11.2 Å². The Labute approximate surface area is 117 Å². The van der Waals surface area contributed by atoms with Crippen molar-refractivity contribution in [2.75, 3.05) is 19.0 Å². The van der Waals surface area contributed by atoms with Gasteiger partial charge in [-0.1, -0.05) is 13.8 Å². The quantitative estimate of drug-likeness (QED) is 0.845. The minimum absolute atomic E-state index is 0.0418. The van der Waals surface area contributed by atoms with Gasteiger partial charge in [0.05, 0.1) is 12.9 Å². The van der Waals surface area contributed by atoms with E-state index in [1.54, 1.807) is 13.4 Å². The Kier molecular flexibility index (Phi) is 4.93. The van der Waals surface area contributed by atoms with Crippen LogP contribution >= 0.6 is 11.5 Å². The molecule has 0 saturated carbocycles. The Hall–Kier alpha value is -1.40. The molecule has 0 fully saturated rings. The summed E-state index contributed by atoms with van der Waals surface area (Å²) in [7, 11) is 1.67. The zero-order valence-electron chi connectivity index (χ0n) is 11.4. The molecule has 2 aromatic heterocycles. The number of hydrogen-bond acceptors (Lipinski definition) is 6. The number of furan rings is 1. The van der Waals surface area contributed by atoms with E-state index in [1.807, 2.05) is 12.1 Å². The van der Waals surface area contributed by atoms with E-state index in [2.05, 4.69) is 28.5 Å². The third-order valence-corrected chi connectivity index (χ3v) is 3.26. The van der Waals surface area contributed by atoms with Gasteiger partial charge in [-0.25, -0.2) is 4.98 Å². The van der Waals surface area contributed by atoms with Gasteiger partial charge in [0.25, 0.3) is 0 Å². The van der Waals surface area contributed by atoms with Gasteiger partial charge in [0.15, 0.2) is 0 Å². The zero-order valence-corrected chi connectivity index (χ0v) is 12.2. The average Bonchev–Trinajstić information content (AvgIpc) is 2.99. The molecular formula is C13H19N3O2S. The highest BCUT2D eigenvalue weighted by Crippen LogP contribution is 2.22. The lowest BCUT2D eigenvalue weighted by atomic mass is 10.1. The third kappa shape index (κ3) is 4.04. The van der Waals surface area contributed by atoms with Crippen LogP contribution in [0.1, 0.15) is 31.5 Å². The molecule has 2 heterocycles. The maximum Gasteiger partial charge on any atom is 0.203 e. The lowest BCUT2D eigenvalue weighted by Crippen LogP contribution is -2.15. The zero-order chi connectivity index (χ0) is 13.7. The largest absolute Gasteiger partial charge is 0.467 e. The van der Waals surface area contributed by atoms with Crippen LogP contribution in [0.15, 0.2) is 22.8 Å². The molecule has 0 radical (unpaired) electrons. The SMILES string of the molecule is COCC(Nc1nc(CC(C)C)ns1)c1ccco1. The number of rotatable bonds is 7. The van der Waals surface area contributed by atoms with Crippen molar-refractivity contribution in [2.45, 2.75) is 26.3 Å². The minimum atomic E-state index is -0.0418.